The van der Waals surface area contributed by atoms with E-state index in [1.165, 1.54) is 33.5 Å². The highest BCUT2D eigenvalue weighted by Gasteiger charge is 2.33. The van der Waals surface area contributed by atoms with Crippen molar-refractivity contribution in [1.82, 2.24) is 0 Å². The molecule has 0 fully saturated rings. The first-order chi connectivity index (χ1) is 16.5. The number of rotatable bonds is 7. The lowest BCUT2D eigenvalue weighted by Crippen LogP contribution is -2.26. The van der Waals surface area contributed by atoms with Gasteiger partial charge in [-0.05, 0) is 59.1 Å². The van der Waals surface area contributed by atoms with Gasteiger partial charge in [0.15, 0.2) is 5.78 Å². The molecule has 4 rings (SSSR count). The fraction of sp³-hybridized carbons (Fsp3) is 0.469. The van der Waals surface area contributed by atoms with E-state index in [1.807, 2.05) is 20.8 Å². The Morgan fingerprint density at radius 1 is 1.09 bits per heavy atom. The smallest absolute Gasteiger partial charge is 0.164 e. The molecule has 1 heterocycles. The van der Waals surface area contributed by atoms with Crippen LogP contribution in [0.2, 0.25) is 0 Å². The van der Waals surface area contributed by atoms with Gasteiger partial charge in [-0.1, -0.05) is 91.0 Å². The number of ether oxygens (including phenoxy) is 1. The molecule has 2 aromatic carbocycles. The number of benzene rings is 2. The van der Waals surface area contributed by atoms with Crippen molar-refractivity contribution in [2.24, 2.45) is 10.8 Å². The zero-order chi connectivity index (χ0) is 25.4. The SMILES string of the molecule is CCc1cc2c(c(C3C=Cc4ccccc4N3)c1)[C@H](CCO/C(=C\C(=O)C(C)(C)C)C(C)(C)C)C2. The quantitative estimate of drug-likeness (QED) is 0.328. The second-order valence-electron chi connectivity index (χ2n) is 12.1. The van der Waals surface area contributed by atoms with Gasteiger partial charge in [-0.25, -0.2) is 0 Å². The molecule has 0 radical (unpaired) electrons. The molecule has 0 saturated carbocycles. The van der Waals surface area contributed by atoms with Crippen molar-refractivity contribution in [3.63, 3.8) is 0 Å². The standard InChI is InChI=1S/C32H41NO2/c1-8-21-17-24-19-23(15-16-35-29(32(5,6)7)20-28(34)31(2,3)4)30(24)25(18-21)27-14-13-22-11-9-10-12-26(22)33-27/h9-14,17-18,20,23,27,33H,8,15-16,19H2,1-7H3/b29-20-/t23-,27?/m1/s1. The third-order valence-electron chi connectivity index (χ3n) is 7.18. The molecular weight excluding hydrogens is 430 g/mol. The summed E-state index contributed by atoms with van der Waals surface area (Å²) in [6.45, 7) is 15.0. The first-order valence-electron chi connectivity index (χ1n) is 13.1. The number of carbonyl (C=O) groups is 1. The van der Waals surface area contributed by atoms with Gasteiger partial charge in [-0.3, -0.25) is 4.79 Å². The number of hydrogen-bond acceptors (Lipinski definition) is 3. The van der Waals surface area contributed by atoms with Gasteiger partial charge in [-0.15, -0.1) is 0 Å². The predicted molar refractivity (Wildman–Crippen MR) is 147 cm³/mol. The minimum atomic E-state index is -0.405. The third-order valence-corrected chi connectivity index (χ3v) is 7.18. The molecule has 0 bridgehead atoms. The molecule has 1 aliphatic heterocycles. The van der Waals surface area contributed by atoms with Gasteiger partial charge in [-0.2, -0.15) is 0 Å². The van der Waals surface area contributed by atoms with Crippen molar-refractivity contribution in [3.05, 3.63) is 82.1 Å². The van der Waals surface area contributed by atoms with Gasteiger partial charge in [0.25, 0.3) is 0 Å². The Hall–Kier alpha value is -2.81. The average molecular weight is 472 g/mol. The summed E-state index contributed by atoms with van der Waals surface area (Å²) in [5, 5.41) is 3.75. The lowest BCUT2D eigenvalue weighted by atomic mass is 9.71. The van der Waals surface area contributed by atoms with Crippen LogP contribution in [0.25, 0.3) is 6.08 Å². The van der Waals surface area contributed by atoms with Crippen molar-refractivity contribution in [2.45, 2.75) is 79.7 Å². The number of nitrogens with one attached hydrogen (secondary N) is 1. The van der Waals surface area contributed by atoms with Crippen LogP contribution in [0.1, 0.15) is 94.7 Å². The largest absolute Gasteiger partial charge is 0.497 e. The number of para-hydroxylation sites is 1. The molecule has 0 saturated heterocycles. The monoisotopic (exact) mass is 471 g/mol. The van der Waals surface area contributed by atoms with Crippen LogP contribution in [-0.4, -0.2) is 12.4 Å². The normalized spacial score (nSPS) is 19.3. The van der Waals surface area contributed by atoms with Gasteiger partial charge >= 0.3 is 0 Å². The van der Waals surface area contributed by atoms with Gasteiger partial charge in [0, 0.05) is 22.6 Å². The Morgan fingerprint density at radius 2 is 1.83 bits per heavy atom. The van der Waals surface area contributed by atoms with E-state index < -0.39 is 5.41 Å². The van der Waals surface area contributed by atoms with Crippen LogP contribution >= 0.6 is 0 Å². The van der Waals surface area contributed by atoms with E-state index in [9.17, 15) is 4.79 Å². The summed E-state index contributed by atoms with van der Waals surface area (Å²) in [7, 11) is 0. The highest BCUT2D eigenvalue weighted by molar-refractivity contribution is 5.94. The molecule has 2 aromatic rings. The summed E-state index contributed by atoms with van der Waals surface area (Å²) in [5.74, 6) is 1.38. The molecule has 0 spiro atoms. The Labute approximate surface area is 211 Å². The Kier molecular flexibility index (Phi) is 6.99. The van der Waals surface area contributed by atoms with Gasteiger partial charge < -0.3 is 10.1 Å². The topological polar surface area (TPSA) is 38.3 Å². The fourth-order valence-electron chi connectivity index (χ4n) is 4.91. The van der Waals surface area contributed by atoms with Crippen molar-refractivity contribution in [1.29, 1.82) is 0 Å². The molecule has 3 nitrogen and oxygen atoms in total. The van der Waals surface area contributed by atoms with Gasteiger partial charge in [0.05, 0.1) is 12.6 Å². The molecule has 1 aliphatic carbocycles. The van der Waals surface area contributed by atoms with Crippen molar-refractivity contribution in [2.75, 3.05) is 11.9 Å². The molecule has 0 amide bonds. The summed E-state index contributed by atoms with van der Waals surface area (Å²) >= 11 is 0. The van der Waals surface area contributed by atoms with Crippen LogP contribution in [-0.2, 0) is 22.4 Å². The predicted octanol–water partition coefficient (Wildman–Crippen LogP) is 8.02. The lowest BCUT2D eigenvalue weighted by Gasteiger charge is -2.37. The number of hydrogen-bond donors (Lipinski definition) is 1. The van der Waals surface area contributed by atoms with E-state index in [0.717, 1.165) is 25.0 Å². The molecule has 2 aliphatic rings. The fourth-order valence-corrected chi connectivity index (χ4v) is 4.91. The Bertz CT molecular complexity index is 1160. The zero-order valence-electron chi connectivity index (χ0n) is 22.5. The first-order valence-corrected chi connectivity index (χ1v) is 13.1. The lowest BCUT2D eigenvalue weighted by molar-refractivity contribution is -0.121. The van der Waals surface area contributed by atoms with Gasteiger partial charge in [0.2, 0.25) is 0 Å². The second kappa shape index (κ2) is 9.68. The molecule has 186 valence electrons. The van der Waals surface area contributed by atoms with Crippen LogP contribution in [0, 0.1) is 10.8 Å². The Balaban J connectivity index is 1.51. The number of allylic oxidation sites excluding steroid dienone is 2. The van der Waals surface area contributed by atoms with Crippen LogP contribution in [0.4, 0.5) is 5.69 Å². The number of aryl methyl sites for hydroxylation is 1. The molecular formula is C32H41NO2. The molecule has 2 atom stereocenters. The van der Waals surface area contributed by atoms with Crippen LogP contribution < -0.4 is 5.32 Å². The maximum Gasteiger partial charge on any atom is 0.164 e. The molecule has 1 unspecified atom stereocenters. The minimum absolute atomic E-state index is 0.112. The summed E-state index contributed by atoms with van der Waals surface area (Å²) in [6.07, 6.45) is 9.36. The highest BCUT2D eigenvalue weighted by atomic mass is 16.5. The molecule has 3 heteroatoms. The first kappa shape index (κ1) is 25.3. The number of carbonyl (C=O) groups excluding carboxylic acids is 1. The number of fused-ring (bicyclic) bond motifs is 2. The van der Waals surface area contributed by atoms with E-state index >= 15 is 0 Å². The average Bonchev–Trinajstić information content (AvgIpc) is 2.78. The molecule has 35 heavy (non-hydrogen) atoms. The zero-order valence-corrected chi connectivity index (χ0v) is 22.5. The van der Waals surface area contributed by atoms with Crippen molar-refractivity contribution < 1.29 is 9.53 Å². The van der Waals surface area contributed by atoms with E-state index in [1.54, 1.807) is 6.08 Å². The summed E-state index contributed by atoms with van der Waals surface area (Å²) in [6, 6.07) is 13.5. The number of ketones is 1. The van der Waals surface area contributed by atoms with E-state index in [2.05, 4.69) is 81.6 Å². The maximum absolute atomic E-state index is 12.6. The summed E-state index contributed by atoms with van der Waals surface area (Å²) in [5.41, 5.74) is 7.59. The van der Waals surface area contributed by atoms with Gasteiger partial charge in [0.1, 0.15) is 5.76 Å². The summed E-state index contributed by atoms with van der Waals surface area (Å²) in [4.78, 5) is 12.6. The van der Waals surface area contributed by atoms with E-state index in [4.69, 9.17) is 4.74 Å². The minimum Gasteiger partial charge on any atom is -0.497 e. The van der Waals surface area contributed by atoms with E-state index in [-0.39, 0.29) is 17.2 Å². The third kappa shape index (κ3) is 5.55. The Morgan fingerprint density at radius 3 is 2.51 bits per heavy atom. The summed E-state index contributed by atoms with van der Waals surface area (Å²) < 4.78 is 6.28. The highest BCUT2D eigenvalue weighted by Crippen LogP contribution is 2.45. The van der Waals surface area contributed by atoms with Crippen LogP contribution in [0.5, 0.6) is 0 Å². The second-order valence-corrected chi connectivity index (χ2v) is 12.1. The van der Waals surface area contributed by atoms with Crippen molar-refractivity contribution in [3.8, 4) is 0 Å². The molecule has 1 N–H and O–H groups in total. The molecule has 0 aromatic heterocycles. The maximum atomic E-state index is 12.6. The van der Waals surface area contributed by atoms with Crippen LogP contribution in [0.15, 0.2) is 54.3 Å². The van der Waals surface area contributed by atoms with Crippen molar-refractivity contribution >= 4 is 17.5 Å². The number of anilines is 1. The van der Waals surface area contributed by atoms with Crippen LogP contribution in [0.3, 0.4) is 0 Å². The van der Waals surface area contributed by atoms with E-state index in [0.29, 0.717) is 12.5 Å².